The van der Waals surface area contributed by atoms with Crippen LogP contribution >= 0.6 is 20.4 Å². The lowest BCUT2D eigenvalue weighted by atomic mass is 10.1. The third-order valence-corrected chi connectivity index (χ3v) is 9.39. The van der Waals surface area contributed by atoms with Crippen molar-refractivity contribution in [3.63, 3.8) is 0 Å². The molecule has 2 amide bonds. The number of urea groups is 1. The number of hydrogen-bond donors (Lipinski definition) is 2. The van der Waals surface area contributed by atoms with Crippen LogP contribution in [-0.4, -0.2) is 36.7 Å². The molecular weight excluding hydrogens is 696 g/mol. The monoisotopic (exact) mass is 741 g/mol. The number of anilines is 2. The number of nitrogens with zero attached hydrogens (tertiary/aromatic N) is 1. The van der Waals surface area contributed by atoms with Gasteiger partial charge in [0.25, 0.3) is 0 Å². The lowest BCUT2D eigenvalue weighted by Crippen LogP contribution is -3.00. The quantitative estimate of drug-likeness (QED) is 0.131. The molecule has 0 aliphatic carbocycles. The van der Waals surface area contributed by atoms with E-state index in [4.69, 9.17) is 0 Å². The summed E-state index contributed by atoms with van der Waals surface area (Å²) in [5.41, 5.74) is -0.682. The van der Waals surface area contributed by atoms with E-state index in [0.717, 1.165) is 0 Å². The summed E-state index contributed by atoms with van der Waals surface area (Å²) in [6.07, 6.45) is 11.1. The molecule has 0 saturated heterocycles. The van der Waals surface area contributed by atoms with Gasteiger partial charge in [0.1, 0.15) is 9.79 Å². The van der Waals surface area contributed by atoms with Gasteiger partial charge in [-0.25, -0.2) is 4.79 Å². The molecular formula is C29H46ClF10N3OS2. The number of carbonyl (C=O) groups is 1. The van der Waals surface area contributed by atoms with Crippen LogP contribution in [0, 0.1) is 0 Å². The summed E-state index contributed by atoms with van der Waals surface area (Å²) in [4.78, 5) is 7.28. The molecule has 17 heteroatoms. The molecule has 0 aliphatic heterocycles. The maximum atomic E-state index is 12.6. The van der Waals surface area contributed by atoms with Gasteiger partial charge in [0, 0.05) is 11.4 Å². The molecule has 2 aromatic rings. The van der Waals surface area contributed by atoms with E-state index in [0.29, 0.717) is 24.3 Å². The average Bonchev–Trinajstić information content (AvgIpc) is 2.90. The van der Waals surface area contributed by atoms with E-state index in [9.17, 15) is 43.7 Å². The Kier molecular flexibility index (Phi) is 14.4. The zero-order valence-corrected chi connectivity index (χ0v) is 28.8. The molecule has 0 aliphatic rings. The van der Waals surface area contributed by atoms with E-state index >= 15 is 0 Å². The Hall–Kier alpha value is -2.04. The van der Waals surface area contributed by atoms with Crippen LogP contribution in [0.25, 0.3) is 0 Å². The molecule has 2 rings (SSSR count). The third-order valence-electron chi connectivity index (χ3n) is 7.06. The summed E-state index contributed by atoms with van der Waals surface area (Å²) >= 11 is 0. The van der Waals surface area contributed by atoms with Gasteiger partial charge < -0.3 is 27.5 Å². The molecule has 272 valence electrons. The van der Waals surface area contributed by atoms with Gasteiger partial charge in [0.2, 0.25) is 0 Å². The number of hydrogen-bond acceptors (Lipinski definition) is 1. The molecule has 0 fully saturated rings. The molecule has 0 aromatic heterocycles. The average molecular weight is 742 g/mol. The van der Waals surface area contributed by atoms with Gasteiger partial charge in [-0.2, -0.15) is 0 Å². The predicted octanol–water partition coefficient (Wildman–Crippen LogP) is 10.7. The second kappa shape index (κ2) is 15.0. The summed E-state index contributed by atoms with van der Waals surface area (Å²) in [6, 6.07) is 1.13. The molecule has 4 nitrogen and oxygen atoms in total. The van der Waals surface area contributed by atoms with E-state index in [1.165, 1.54) is 82.0 Å². The van der Waals surface area contributed by atoms with Gasteiger partial charge in [-0.15, -0.1) is 0 Å². The van der Waals surface area contributed by atoms with Crippen molar-refractivity contribution in [1.29, 1.82) is 0 Å². The van der Waals surface area contributed by atoms with Crippen molar-refractivity contribution in [3.05, 3.63) is 48.5 Å². The summed E-state index contributed by atoms with van der Waals surface area (Å²) in [6.45, 7) is 15.0. The summed E-state index contributed by atoms with van der Waals surface area (Å²) in [5, 5.41) is 3.88. The Morgan fingerprint density at radius 2 is 0.761 bits per heavy atom. The number of rotatable bonds is 16. The minimum Gasteiger partial charge on any atom is -1.00 e. The van der Waals surface area contributed by atoms with E-state index < -0.39 is 36.3 Å². The van der Waals surface area contributed by atoms with Crippen molar-refractivity contribution < 1.29 is 60.5 Å². The number of amides is 2. The van der Waals surface area contributed by atoms with Crippen LogP contribution in [0.5, 0.6) is 0 Å². The molecule has 0 spiro atoms. The van der Waals surface area contributed by atoms with Crippen LogP contribution in [0.15, 0.2) is 58.3 Å². The van der Waals surface area contributed by atoms with Gasteiger partial charge in [-0.3, -0.25) is 0 Å². The molecule has 0 heterocycles. The summed E-state index contributed by atoms with van der Waals surface area (Å²) < 4.78 is 127. The third kappa shape index (κ3) is 16.2. The second-order valence-corrected chi connectivity index (χ2v) is 16.0. The number of halogens is 11. The fraction of sp³-hybridized carbons (Fsp3) is 0.552. The van der Waals surface area contributed by atoms with Crippen molar-refractivity contribution in [2.45, 2.75) is 88.9 Å². The molecule has 2 aromatic carbocycles. The van der Waals surface area contributed by atoms with Crippen molar-refractivity contribution >= 4 is 37.9 Å². The van der Waals surface area contributed by atoms with Crippen molar-refractivity contribution in [2.75, 3.05) is 36.8 Å². The van der Waals surface area contributed by atoms with Gasteiger partial charge in [0.15, 0.2) is 0 Å². The summed E-state index contributed by atoms with van der Waals surface area (Å²) in [7, 11) is -19.8. The number of benzene rings is 2. The van der Waals surface area contributed by atoms with Crippen molar-refractivity contribution in [1.82, 2.24) is 0 Å². The lowest BCUT2D eigenvalue weighted by molar-refractivity contribution is -0.929. The highest BCUT2D eigenvalue weighted by Crippen LogP contribution is 3.02. The Bertz CT molecular complexity index is 1110. The van der Waals surface area contributed by atoms with Crippen LogP contribution < -0.4 is 23.0 Å². The molecule has 0 atom stereocenters. The molecule has 0 bridgehead atoms. The topological polar surface area (TPSA) is 41.1 Å². The van der Waals surface area contributed by atoms with E-state index in [1.54, 1.807) is 0 Å². The highest BCUT2D eigenvalue weighted by Gasteiger charge is 2.66. The molecule has 0 unspecified atom stereocenters. The highest BCUT2D eigenvalue weighted by atomic mass is 35.5. The van der Waals surface area contributed by atoms with Gasteiger partial charge in [-0.1, -0.05) is 92.2 Å². The van der Waals surface area contributed by atoms with Crippen molar-refractivity contribution in [3.8, 4) is 0 Å². The maximum Gasteiger partial charge on any atom is 0.323 e. The van der Waals surface area contributed by atoms with Crippen LogP contribution in [0.1, 0.15) is 79.1 Å². The van der Waals surface area contributed by atoms with Crippen LogP contribution in [0.2, 0.25) is 0 Å². The largest absolute Gasteiger partial charge is 1.00 e. The SMILES string of the molecule is CCCC[N+](CCCC)(CCCC)CCCC.O=C(Nc1ccc(S(F)(F)(F)(F)F)cc1)Nc1ccc(S(F)(F)(F)(F)F)cc1.[Cl-]. The molecule has 2 N–H and O–H groups in total. The van der Waals surface area contributed by atoms with Crippen molar-refractivity contribution in [2.24, 2.45) is 0 Å². The lowest BCUT2D eigenvalue weighted by Gasteiger charge is -2.40. The maximum absolute atomic E-state index is 12.6. The first kappa shape index (κ1) is 44.0. The Balaban J connectivity index is 0.000000973. The Morgan fingerprint density at radius 1 is 0.522 bits per heavy atom. The Labute approximate surface area is 272 Å². The van der Waals surface area contributed by atoms with Crippen LogP contribution in [0.3, 0.4) is 0 Å². The molecule has 46 heavy (non-hydrogen) atoms. The number of carbonyl (C=O) groups excluding carboxylic acids is 1. The normalized spacial score (nSPS) is 15.1. The zero-order chi connectivity index (χ0) is 34.8. The standard InChI is InChI=1S/C16H36N.C13H10F10N2OS2.ClH/c1-5-9-13-17(14-10-6-2,15-11-7-3)16-12-8-4;14-27(15,16,17,18)11-5-1-9(2-6-11)24-13(26)25-10-3-7-12(8-4-10)28(19,20,21,22)23;/h5-16H2,1-4H3;1-8H,(H2,24,25,26);1H/q+1;;/p-1. The Morgan fingerprint density at radius 3 is 0.957 bits per heavy atom. The zero-order valence-electron chi connectivity index (χ0n) is 26.4. The minimum absolute atomic E-state index is 0. The van der Waals surface area contributed by atoms with Crippen LogP contribution in [-0.2, 0) is 0 Å². The predicted molar refractivity (Wildman–Crippen MR) is 168 cm³/mol. The molecule has 0 radical (unpaired) electrons. The van der Waals surface area contributed by atoms with Crippen LogP contribution in [0.4, 0.5) is 55.0 Å². The highest BCUT2D eigenvalue weighted by molar-refractivity contribution is 8.46. The van der Waals surface area contributed by atoms with E-state index in [1.807, 2.05) is 10.6 Å². The number of unbranched alkanes of at least 4 members (excludes halogenated alkanes) is 4. The smallest absolute Gasteiger partial charge is 0.323 e. The van der Waals surface area contributed by atoms with E-state index in [2.05, 4.69) is 27.7 Å². The first-order valence-electron chi connectivity index (χ1n) is 14.9. The first-order valence-corrected chi connectivity index (χ1v) is 18.8. The first-order chi connectivity index (χ1) is 20.3. The fourth-order valence-corrected chi connectivity index (χ4v) is 5.83. The summed E-state index contributed by atoms with van der Waals surface area (Å²) in [5.74, 6) is 0. The van der Waals surface area contributed by atoms with Gasteiger partial charge in [0.05, 0.1) is 26.2 Å². The number of quaternary nitrogens is 1. The second-order valence-electron chi connectivity index (χ2n) is 11.2. The minimum atomic E-state index is -9.88. The number of nitrogens with one attached hydrogen (secondary N) is 2. The van der Waals surface area contributed by atoms with Gasteiger partial charge in [-0.05, 0) is 74.2 Å². The molecule has 0 saturated carbocycles. The van der Waals surface area contributed by atoms with E-state index in [-0.39, 0.29) is 48.0 Å². The fourth-order valence-electron chi connectivity index (χ4n) is 4.53. The van der Waals surface area contributed by atoms with Gasteiger partial charge >= 0.3 is 26.5 Å².